The van der Waals surface area contributed by atoms with Gasteiger partial charge in [-0.25, -0.2) is 0 Å². The molecule has 2 unspecified atom stereocenters. The first-order chi connectivity index (χ1) is 13.5. The molecule has 2 atom stereocenters. The molecule has 0 aromatic carbocycles. The van der Waals surface area contributed by atoms with Gasteiger partial charge in [0.1, 0.15) is 13.2 Å². The van der Waals surface area contributed by atoms with Crippen molar-refractivity contribution in [2.24, 2.45) is 9.98 Å². The molecule has 0 saturated carbocycles. The molecule has 0 aliphatic rings. The number of carbonyl (C=O) groups excluding carboxylic acids is 2. The van der Waals surface area contributed by atoms with Crippen molar-refractivity contribution >= 4 is 47.6 Å². The van der Waals surface area contributed by atoms with E-state index in [1.807, 2.05) is 31.2 Å². The van der Waals surface area contributed by atoms with Crippen LogP contribution in [0.5, 0.6) is 0 Å². The zero-order chi connectivity index (χ0) is 21.0. The van der Waals surface area contributed by atoms with Gasteiger partial charge in [-0.1, -0.05) is 0 Å². The zero-order valence-corrected chi connectivity index (χ0v) is 18.9. The zero-order valence-electron chi connectivity index (χ0n) is 17.3. The topological polar surface area (TPSA) is 101 Å². The van der Waals surface area contributed by atoms with Gasteiger partial charge in [0.2, 0.25) is 5.91 Å². The van der Waals surface area contributed by atoms with Crippen molar-refractivity contribution < 1.29 is 19.1 Å². The highest BCUT2D eigenvalue weighted by atomic mass is 32.2. The molecule has 162 valence electrons. The van der Waals surface area contributed by atoms with Gasteiger partial charge in [0.25, 0.3) is 0 Å². The lowest BCUT2D eigenvalue weighted by molar-refractivity contribution is -0.127. The van der Waals surface area contributed by atoms with Crippen LogP contribution in [0.2, 0.25) is 0 Å². The molecule has 2 N–H and O–H groups in total. The Bertz CT molecular complexity index is 479. The Hall–Kier alpha value is -0.940. The summed E-state index contributed by atoms with van der Waals surface area (Å²) in [4.78, 5) is 30.8. The third-order valence-corrected chi connectivity index (χ3v) is 5.87. The SMILES string of the molecule is CN=CC(SCCNC)C(C=NC)SCCNC(=O)COCCOCC(C)=O. The van der Waals surface area contributed by atoms with E-state index >= 15 is 0 Å². The molecule has 1 amide bonds. The summed E-state index contributed by atoms with van der Waals surface area (Å²) in [5.74, 6) is 1.56. The van der Waals surface area contributed by atoms with Crippen LogP contribution in [0.25, 0.3) is 0 Å². The van der Waals surface area contributed by atoms with E-state index < -0.39 is 0 Å². The molecular weight excluding hydrogens is 400 g/mol. The predicted octanol–water partition coefficient (Wildman–Crippen LogP) is 0.549. The van der Waals surface area contributed by atoms with Gasteiger partial charge in [-0.3, -0.25) is 19.6 Å². The summed E-state index contributed by atoms with van der Waals surface area (Å²) in [6.45, 7) is 3.60. The molecule has 8 nitrogen and oxygen atoms in total. The maximum atomic E-state index is 11.8. The number of carbonyl (C=O) groups is 2. The smallest absolute Gasteiger partial charge is 0.246 e. The first-order valence-electron chi connectivity index (χ1n) is 9.19. The largest absolute Gasteiger partial charge is 0.371 e. The number of aliphatic imine (C=N–C) groups is 2. The van der Waals surface area contributed by atoms with Crippen LogP contribution in [-0.4, -0.2) is 107 Å². The molecule has 0 aromatic heterocycles. The van der Waals surface area contributed by atoms with Gasteiger partial charge < -0.3 is 20.1 Å². The summed E-state index contributed by atoms with van der Waals surface area (Å²) in [6.07, 6.45) is 3.90. The van der Waals surface area contributed by atoms with Crippen LogP contribution in [0, 0.1) is 0 Å². The predicted molar refractivity (Wildman–Crippen MR) is 121 cm³/mol. The van der Waals surface area contributed by atoms with Crippen molar-refractivity contribution in [1.82, 2.24) is 10.6 Å². The molecule has 0 saturated heterocycles. The Morgan fingerprint density at radius 3 is 2.00 bits per heavy atom. The van der Waals surface area contributed by atoms with Gasteiger partial charge in [0, 0.05) is 51.1 Å². The fourth-order valence-corrected chi connectivity index (χ4v) is 4.46. The third-order valence-electron chi connectivity index (χ3n) is 3.22. The van der Waals surface area contributed by atoms with E-state index in [1.165, 1.54) is 6.92 Å². The normalized spacial score (nSPS) is 13.9. The Balaban J connectivity index is 4.06. The number of nitrogens with one attached hydrogen (secondary N) is 2. The van der Waals surface area contributed by atoms with Crippen LogP contribution in [0.3, 0.4) is 0 Å². The van der Waals surface area contributed by atoms with Crippen LogP contribution in [-0.2, 0) is 19.1 Å². The Morgan fingerprint density at radius 1 is 0.964 bits per heavy atom. The summed E-state index contributed by atoms with van der Waals surface area (Å²) in [7, 11) is 5.49. The maximum absolute atomic E-state index is 11.8. The van der Waals surface area contributed by atoms with Crippen LogP contribution < -0.4 is 10.6 Å². The van der Waals surface area contributed by atoms with E-state index in [2.05, 4.69) is 20.6 Å². The van der Waals surface area contributed by atoms with Crippen molar-refractivity contribution in [3.63, 3.8) is 0 Å². The number of nitrogens with zero attached hydrogens (tertiary/aromatic N) is 2. The second kappa shape index (κ2) is 19.4. The van der Waals surface area contributed by atoms with Crippen molar-refractivity contribution in [3.05, 3.63) is 0 Å². The lowest BCUT2D eigenvalue weighted by atomic mass is 10.3. The molecule has 0 fully saturated rings. The van der Waals surface area contributed by atoms with Gasteiger partial charge in [-0.15, -0.1) is 23.5 Å². The van der Waals surface area contributed by atoms with Gasteiger partial charge >= 0.3 is 0 Å². The minimum absolute atomic E-state index is 0.0149. The summed E-state index contributed by atoms with van der Waals surface area (Å²) >= 11 is 3.58. The first kappa shape index (κ1) is 27.1. The van der Waals surface area contributed by atoms with E-state index in [0.29, 0.717) is 13.2 Å². The lowest BCUT2D eigenvalue weighted by Crippen LogP contribution is -2.31. The fraction of sp³-hybridized carbons (Fsp3) is 0.778. The van der Waals surface area contributed by atoms with Crippen LogP contribution >= 0.6 is 23.5 Å². The van der Waals surface area contributed by atoms with Gasteiger partial charge in [0.05, 0.1) is 23.7 Å². The lowest BCUT2D eigenvalue weighted by Gasteiger charge is -2.20. The molecular formula is C18H34N4O4S2. The minimum Gasteiger partial charge on any atom is -0.371 e. The van der Waals surface area contributed by atoms with Crippen molar-refractivity contribution in [2.75, 3.05) is 72.2 Å². The van der Waals surface area contributed by atoms with Crippen molar-refractivity contribution in [2.45, 2.75) is 17.4 Å². The van der Waals surface area contributed by atoms with E-state index in [4.69, 9.17) is 9.47 Å². The molecule has 0 aliphatic heterocycles. The second-order valence-electron chi connectivity index (χ2n) is 5.75. The molecule has 10 heteroatoms. The highest BCUT2D eigenvalue weighted by Crippen LogP contribution is 2.22. The number of amides is 1. The highest BCUT2D eigenvalue weighted by Gasteiger charge is 2.19. The molecule has 28 heavy (non-hydrogen) atoms. The number of Topliss-reactive ketones (excluding diaryl/α,β-unsaturated/α-hetero) is 1. The molecule has 0 heterocycles. The summed E-state index contributed by atoms with van der Waals surface area (Å²) in [6, 6.07) is 0. The van der Waals surface area contributed by atoms with E-state index in [9.17, 15) is 9.59 Å². The van der Waals surface area contributed by atoms with Crippen LogP contribution in [0.4, 0.5) is 0 Å². The average molecular weight is 435 g/mol. The Kier molecular flexibility index (Phi) is 18.7. The standard InChI is InChI=1S/C18H34N4O4S2/c1-15(23)13-25-7-8-26-14-18(24)22-6-10-28-17(12-21-4)16(11-20-3)27-9-5-19-2/h11-12,16-17,19H,5-10,13-14H2,1-4H3,(H,22,24). The number of rotatable bonds is 18. The third kappa shape index (κ3) is 16.1. The van der Waals surface area contributed by atoms with Gasteiger partial charge in [-0.05, 0) is 14.0 Å². The van der Waals surface area contributed by atoms with Crippen LogP contribution in [0.1, 0.15) is 6.92 Å². The fourth-order valence-electron chi connectivity index (χ4n) is 1.97. The molecule has 0 spiro atoms. The molecule has 0 aliphatic carbocycles. The number of hydrogen-bond donors (Lipinski definition) is 2. The second-order valence-corrected chi connectivity index (χ2v) is 8.32. The average Bonchev–Trinajstić information content (AvgIpc) is 2.66. The van der Waals surface area contributed by atoms with Gasteiger partial charge in [0.15, 0.2) is 5.78 Å². The number of hydrogen-bond acceptors (Lipinski definition) is 9. The van der Waals surface area contributed by atoms with E-state index in [-0.39, 0.29) is 42.0 Å². The van der Waals surface area contributed by atoms with Crippen LogP contribution in [0.15, 0.2) is 9.98 Å². The quantitative estimate of drug-likeness (QED) is 0.240. The number of thioether (sulfide) groups is 2. The van der Waals surface area contributed by atoms with E-state index in [1.54, 1.807) is 25.9 Å². The monoisotopic (exact) mass is 434 g/mol. The number of ketones is 1. The van der Waals surface area contributed by atoms with Crippen molar-refractivity contribution in [1.29, 1.82) is 0 Å². The first-order valence-corrected chi connectivity index (χ1v) is 11.3. The minimum atomic E-state index is -0.164. The van der Waals surface area contributed by atoms with E-state index in [0.717, 1.165) is 18.1 Å². The molecule has 0 rings (SSSR count). The Morgan fingerprint density at radius 2 is 1.50 bits per heavy atom. The molecule has 0 bridgehead atoms. The molecule has 0 radical (unpaired) electrons. The highest BCUT2D eigenvalue weighted by molar-refractivity contribution is 8.04. The summed E-state index contributed by atoms with van der Waals surface area (Å²) in [5.41, 5.74) is 0. The summed E-state index contributed by atoms with van der Waals surface area (Å²) in [5, 5.41) is 6.42. The van der Waals surface area contributed by atoms with Gasteiger partial charge in [-0.2, -0.15) is 0 Å². The summed E-state index contributed by atoms with van der Waals surface area (Å²) < 4.78 is 10.3. The maximum Gasteiger partial charge on any atom is 0.246 e. The van der Waals surface area contributed by atoms with Crippen molar-refractivity contribution in [3.8, 4) is 0 Å². The Labute approximate surface area is 177 Å². The molecule has 0 aromatic rings. The number of ether oxygens (including phenoxy) is 2.